The average molecular weight is 447 g/mol. The summed E-state index contributed by atoms with van der Waals surface area (Å²) >= 11 is 0. The highest BCUT2D eigenvalue weighted by atomic mass is 16.2. The van der Waals surface area contributed by atoms with Crippen LogP contribution in [0.15, 0.2) is 54.9 Å². The number of carbonyl (C=O) groups is 1. The standard InChI is InChI=1S/C28H38N4O/c1-3-30(2)28(25-12-5-4-6-13-25)16-14-27(15-17-28)22-31(20-24-11-8-18-29-19-24)26(33)32(27)21-23-9-7-10-23/h4-6,8,11-13,18-19,23H,3,7,9-10,14-17,20-22H2,1-2H3/t27-,28-. The molecule has 0 bridgehead atoms. The Morgan fingerprint density at radius 2 is 1.82 bits per heavy atom. The molecule has 1 spiro atoms. The van der Waals surface area contributed by atoms with Crippen LogP contribution in [-0.4, -0.2) is 57.9 Å². The molecule has 5 nitrogen and oxygen atoms in total. The van der Waals surface area contributed by atoms with Crippen LogP contribution in [0.5, 0.6) is 0 Å². The van der Waals surface area contributed by atoms with Crippen LogP contribution in [0, 0.1) is 5.92 Å². The molecule has 1 aliphatic heterocycles. The second kappa shape index (κ2) is 9.09. The third-order valence-corrected chi connectivity index (χ3v) is 8.84. The molecule has 2 heterocycles. The average Bonchev–Trinajstić information content (AvgIpc) is 3.07. The molecule has 176 valence electrons. The van der Waals surface area contributed by atoms with Crippen molar-refractivity contribution in [3.63, 3.8) is 0 Å². The van der Waals surface area contributed by atoms with Crippen molar-refractivity contribution < 1.29 is 4.79 Å². The fourth-order valence-electron chi connectivity index (χ4n) is 6.42. The monoisotopic (exact) mass is 446 g/mol. The van der Waals surface area contributed by atoms with Gasteiger partial charge in [0, 0.05) is 37.6 Å². The first-order chi connectivity index (χ1) is 16.1. The van der Waals surface area contributed by atoms with Crippen LogP contribution >= 0.6 is 0 Å². The van der Waals surface area contributed by atoms with Gasteiger partial charge in [-0.1, -0.05) is 49.7 Å². The van der Waals surface area contributed by atoms with Crippen LogP contribution in [0.4, 0.5) is 4.79 Å². The summed E-state index contributed by atoms with van der Waals surface area (Å²) in [7, 11) is 2.27. The predicted octanol–water partition coefficient (Wildman–Crippen LogP) is 5.28. The first kappa shape index (κ1) is 22.4. The van der Waals surface area contributed by atoms with Crippen LogP contribution < -0.4 is 0 Å². The van der Waals surface area contributed by atoms with E-state index in [-0.39, 0.29) is 17.1 Å². The number of rotatable bonds is 7. The van der Waals surface area contributed by atoms with Crippen molar-refractivity contribution >= 4 is 6.03 Å². The number of benzene rings is 1. The fourth-order valence-corrected chi connectivity index (χ4v) is 6.42. The molecule has 5 heteroatoms. The highest BCUT2D eigenvalue weighted by Gasteiger charge is 2.55. The van der Waals surface area contributed by atoms with Gasteiger partial charge in [0.25, 0.3) is 0 Å². The van der Waals surface area contributed by atoms with E-state index in [4.69, 9.17) is 0 Å². The maximum Gasteiger partial charge on any atom is 0.320 e. The van der Waals surface area contributed by atoms with E-state index in [1.165, 1.54) is 24.8 Å². The van der Waals surface area contributed by atoms with Crippen LogP contribution in [-0.2, 0) is 12.1 Å². The molecule has 1 aromatic carbocycles. The predicted molar refractivity (Wildman–Crippen MR) is 132 cm³/mol. The first-order valence-electron chi connectivity index (χ1n) is 12.8. The Hall–Kier alpha value is -2.40. The van der Waals surface area contributed by atoms with E-state index in [9.17, 15) is 4.79 Å². The molecular formula is C28H38N4O. The molecule has 2 aromatic rings. The smallest absolute Gasteiger partial charge is 0.318 e. The van der Waals surface area contributed by atoms with Crippen LogP contribution in [0.1, 0.15) is 63.0 Å². The van der Waals surface area contributed by atoms with Crippen molar-refractivity contribution in [2.75, 3.05) is 26.7 Å². The molecule has 3 aliphatic rings. The minimum absolute atomic E-state index is 0.0399. The molecule has 0 radical (unpaired) electrons. The molecule has 0 atom stereocenters. The molecule has 2 amide bonds. The zero-order valence-corrected chi connectivity index (χ0v) is 20.2. The lowest BCUT2D eigenvalue weighted by molar-refractivity contribution is 0.00698. The van der Waals surface area contributed by atoms with Crippen molar-refractivity contribution in [1.29, 1.82) is 0 Å². The molecular weight excluding hydrogens is 408 g/mol. The lowest BCUT2D eigenvalue weighted by atomic mass is 9.68. The van der Waals surface area contributed by atoms with Crippen molar-refractivity contribution in [2.45, 2.75) is 69.5 Å². The molecule has 0 unspecified atom stereocenters. The third-order valence-electron chi connectivity index (χ3n) is 8.84. The van der Waals surface area contributed by atoms with Gasteiger partial charge in [-0.05, 0) is 75.2 Å². The Kier molecular flexibility index (Phi) is 6.17. The number of hydrogen-bond acceptors (Lipinski definition) is 3. The minimum Gasteiger partial charge on any atom is -0.318 e. The van der Waals surface area contributed by atoms with E-state index < -0.39 is 0 Å². The van der Waals surface area contributed by atoms with Gasteiger partial charge < -0.3 is 9.80 Å². The van der Waals surface area contributed by atoms with Crippen LogP contribution in [0.25, 0.3) is 0 Å². The zero-order chi connectivity index (χ0) is 22.9. The third kappa shape index (κ3) is 4.05. The number of aromatic nitrogens is 1. The maximum absolute atomic E-state index is 13.7. The SMILES string of the molecule is CCN(C)[C@]1(c2ccccc2)CC[C@@]2(CC1)CN(Cc1cccnc1)C(=O)N2CC1CCC1. The maximum atomic E-state index is 13.7. The summed E-state index contributed by atoms with van der Waals surface area (Å²) < 4.78 is 0. The lowest BCUT2D eigenvalue weighted by Crippen LogP contribution is -2.57. The first-order valence-corrected chi connectivity index (χ1v) is 12.8. The van der Waals surface area contributed by atoms with Gasteiger partial charge in [0.05, 0.1) is 5.54 Å². The molecule has 5 rings (SSSR count). The van der Waals surface area contributed by atoms with E-state index in [0.29, 0.717) is 12.5 Å². The van der Waals surface area contributed by atoms with Gasteiger partial charge in [0.15, 0.2) is 0 Å². The van der Waals surface area contributed by atoms with E-state index in [1.807, 2.05) is 12.3 Å². The Labute approximate surface area is 198 Å². The number of urea groups is 1. The Balaban J connectivity index is 1.41. The Morgan fingerprint density at radius 1 is 1.06 bits per heavy atom. The van der Waals surface area contributed by atoms with E-state index in [2.05, 4.69) is 70.1 Å². The summed E-state index contributed by atoms with van der Waals surface area (Å²) in [6.45, 7) is 5.72. The molecule has 1 aromatic heterocycles. The normalized spacial score (nSPS) is 28.0. The van der Waals surface area contributed by atoms with Gasteiger partial charge >= 0.3 is 6.03 Å². The van der Waals surface area contributed by atoms with Crippen molar-refractivity contribution in [3.8, 4) is 0 Å². The second-order valence-corrected chi connectivity index (χ2v) is 10.5. The molecule has 2 aliphatic carbocycles. The molecule has 0 N–H and O–H groups in total. The summed E-state index contributed by atoms with van der Waals surface area (Å²) in [5.74, 6) is 0.684. The van der Waals surface area contributed by atoms with E-state index in [0.717, 1.165) is 50.9 Å². The summed E-state index contributed by atoms with van der Waals surface area (Å²) in [6, 6.07) is 15.3. The highest BCUT2D eigenvalue weighted by Crippen LogP contribution is 2.50. The zero-order valence-electron chi connectivity index (χ0n) is 20.2. The quantitative estimate of drug-likeness (QED) is 0.581. The second-order valence-electron chi connectivity index (χ2n) is 10.5. The van der Waals surface area contributed by atoms with Crippen molar-refractivity contribution in [2.24, 2.45) is 5.92 Å². The molecule has 33 heavy (non-hydrogen) atoms. The molecule has 1 saturated heterocycles. The minimum atomic E-state index is -0.0399. The number of amides is 2. The summed E-state index contributed by atoms with van der Waals surface area (Å²) in [5, 5.41) is 0. The highest BCUT2D eigenvalue weighted by molar-refractivity contribution is 5.78. The number of pyridine rings is 1. The summed E-state index contributed by atoms with van der Waals surface area (Å²) in [4.78, 5) is 24.9. The van der Waals surface area contributed by atoms with Crippen LogP contribution in [0.2, 0.25) is 0 Å². The fraction of sp³-hybridized carbons (Fsp3) is 0.571. The molecule has 3 fully saturated rings. The lowest BCUT2D eigenvalue weighted by Gasteiger charge is -2.52. The van der Waals surface area contributed by atoms with Gasteiger partial charge in [-0.15, -0.1) is 0 Å². The van der Waals surface area contributed by atoms with E-state index >= 15 is 0 Å². The van der Waals surface area contributed by atoms with E-state index in [1.54, 1.807) is 6.20 Å². The number of nitrogens with zero attached hydrogens (tertiary/aromatic N) is 4. The number of hydrogen-bond donors (Lipinski definition) is 0. The Bertz CT molecular complexity index is 935. The van der Waals surface area contributed by atoms with Crippen molar-refractivity contribution in [3.05, 3.63) is 66.0 Å². The summed E-state index contributed by atoms with van der Waals surface area (Å²) in [5.41, 5.74) is 2.56. The van der Waals surface area contributed by atoms with Gasteiger partial charge in [-0.3, -0.25) is 9.88 Å². The number of carbonyl (C=O) groups excluding carboxylic acids is 1. The van der Waals surface area contributed by atoms with Gasteiger partial charge in [-0.2, -0.15) is 0 Å². The van der Waals surface area contributed by atoms with Gasteiger partial charge in [0.1, 0.15) is 0 Å². The summed E-state index contributed by atoms with van der Waals surface area (Å²) in [6.07, 6.45) is 11.9. The molecule has 2 saturated carbocycles. The van der Waals surface area contributed by atoms with Gasteiger partial charge in [0.2, 0.25) is 0 Å². The topological polar surface area (TPSA) is 39.7 Å². The van der Waals surface area contributed by atoms with Crippen molar-refractivity contribution in [1.82, 2.24) is 19.7 Å². The Morgan fingerprint density at radius 3 is 2.42 bits per heavy atom. The van der Waals surface area contributed by atoms with Gasteiger partial charge in [-0.25, -0.2) is 4.79 Å². The largest absolute Gasteiger partial charge is 0.320 e. The van der Waals surface area contributed by atoms with Crippen LogP contribution in [0.3, 0.4) is 0 Å².